The van der Waals surface area contributed by atoms with E-state index in [4.69, 9.17) is 0 Å². The molecule has 1 N–H and O–H groups in total. The first kappa shape index (κ1) is 17.5. The molecule has 0 aromatic heterocycles. The van der Waals surface area contributed by atoms with Crippen molar-refractivity contribution in [3.8, 4) is 0 Å². The van der Waals surface area contributed by atoms with Crippen LogP contribution in [0.4, 0.5) is 8.78 Å². The average molecular weight is 370 g/mol. The fourth-order valence-corrected chi connectivity index (χ4v) is 4.08. The van der Waals surface area contributed by atoms with Crippen molar-refractivity contribution in [1.82, 2.24) is 4.72 Å². The van der Waals surface area contributed by atoms with Crippen molar-refractivity contribution >= 4 is 26.0 Å². The summed E-state index contributed by atoms with van der Waals surface area (Å²) in [5.74, 6) is -1.90. The van der Waals surface area contributed by atoms with Crippen molar-refractivity contribution in [2.45, 2.75) is 36.4 Å². The van der Waals surface area contributed by atoms with E-state index in [0.717, 1.165) is 25.0 Å². The third kappa shape index (κ3) is 4.49. The summed E-state index contributed by atoms with van der Waals surface area (Å²) in [6.45, 7) is 4.27. The Morgan fingerprint density at radius 2 is 1.80 bits per heavy atom. The topological polar surface area (TPSA) is 46.2 Å². The van der Waals surface area contributed by atoms with Gasteiger partial charge in [-0.25, -0.2) is 21.9 Å². The second kappa shape index (κ2) is 7.47. The van der Waals surface area contributed by atoms with E-state index in [0.29, 0.717) is 12.0 Å². The number of sulfonamides is 1. The summed E-state index contributed by atoms with van der Waals surface area (Å²) in [6, 6.07) is 2.52. The van der Waals surface area contributed by atoms with Gasteiger partial charge in [-0.2, -0.15) is 0 Å². The molecule has 0 aliphatic rings. The number of rotatable bonds is 7. The van der Waals surface area contributed by atoms with E-state index in [-0.39, 0.29) is 16.3 Å². The third-order valence-corrected chi connectivity index (χ3v) is 5.72. The zero-order valence-electron chi connectivity index (χ0n) is 11.4. The summed E-state index contributed by atoms with van der Waals surface area (Å²) in [5, 5.41) is 0. The summed E-state index contributed by atoms with van der Waals surface area (Å²) >= 11 is 3.45. The fourth-order valence-electron chi connectivity index (χ4n) is 1.88. The summed E-state index contributed by atoms with van der Waals surface area (Å²) < 4.78 is 52.2. The number of halogens is 3. The third-order valence-electron chi connectivity index (χ3n) is 3.23. The molecule has 0 spiro atoms. The number of hydrogen-bond donors (Lipinski definition) is 1. The van der Waals surface area contributed by atoms with E-state index in [2.05, 4.69) is 20.7 Å². The van der Waals surface area contributed by atoms with Crippen LogP contribution in [0.1, 0.15) is 26.7 Å². The van der Waals surface area contributed by atoms with E-state index >= 15 is 0 Å². The van der Waals surface area contributed by atoms with Crippen LogP contribution >= 0.6 is 15.9 Å². The van der Waals surface area contributed by atoms with Gasteiger partial charge in [-0.05, 0) is 24.1 Å². The Balaban J connectivity index is 2.77. The molecule has 7 heteroatoms. The molecular weight excluding hydrogens is 352 g/mol. The maximum Gasteiger partial charge on any atom is 0.240 e. The van der Waals surface area contributed by atoms with Crippen molar-refractivity contribution in [2.24, 2.45) is 5.92 Å². The lowest BCUT2D eigenvalue weighted by Crippen LogP contribution is -2.33. The van der Waals surface area contributed by atoms with Gasteiger partial charge in [-0.15, -0.1) is 0 Å². The van der Waals surface area contributed by atoms with E-state index < -0.39 is 21.7 Å². The highest BCUT2D eigenvalue weighted by atomic mass is 79.9. The van der Waals surface area contributed by atoms with Crippen LogP contribution in [0.15, 0.2) is 23.1 Å². The molecule has 0 radical (unpaired) electrons. The Labute approximate surface area is 126 Å². The summed E-state index contributed by atoms with van der Waals surface area (Å²) in [6.07, 6.45) is 1.86. The number of nitrogens with one attached hydrogen (secondary N) is 1. The molecule has 0 aliphatic heterocycles. The molecule has 1 unspecified atom stereocenters. The maximum atomic E-state index is 13.1. The van der Waals surface area contributed by atoms with Gasteiger partial charge in [0.15, 0.2) is 11.6 Å². The summed E-state index contributed by atoms with van der Waals surface area (Å²) in [7, 11) is -3.83. The Morgan fingerprint density at radius 3 is 2.30 bits per heavy atom. The molecule has 3 nitrogen and oxygen atoms in total. The quantitative estimate of drug-likeness (QED) is 0.748. The average Bonchev–Trinajstić information content (AvgIpc) is 2.41. The normalized spacial score (nSPS) is 13.7. The molecule has 0 amide bonds. The Bertz CT molecular complexity index is 547. The zero-order chi connectivity index (χ0) is 15.3. The van der Waals surface area contributed by atoms with Gasteiger partial charge >= 0.3 is 0 Å². The molecule has 0 saturated carbocycles. The van der Waals surface area contributed by atoms with Crippen molar-refractivity contribution in [3.63, 3.8) is 0 Å². The molecule has 1 aromatic rings. The minimum absolute atomic E-state index is 0.00225. The van der Waals surface area contributed by atoms with E-state index in [9.17, 15) is 17.2 Å². The lowest BCUT2D eigenvalue weighted by Gasteiger charge is -2.19. The zero-order valence-corrected chi connectivity index (χ0v) is 13.8. The molecular formula is C13H18BrF2NO2S. The van der Waals surface area contributed by atoms with Crippen LogP contribution < -0.4 is 4.72 Å². The van der Waals surface area contributed by atoms with Gasteiger partial charge in [-0.3, -0.25) is 0 Å². The van der Waals surface area contributed by atoms with Crippen LogP contribution in [0.25, 0.3) is 0 Å². The second-order valence-corrected chi connectivity index (χ2v) is 7.46. The van der Waals surface area contributed by atoms with Gasteiger partial charge < -0.3 is 0 Å². The van der Waals surface area contributed by atoms with Gasteiger partial charge in [-0.1, -0.05) is 42.6 Å². The SMILES string of the molecule is CCC(CC)C(Br)CNS(=O)(=O)c1ccc(F)c(F)c1. The van der Waals surface area contributed by atoms with Gasteiger partial charge in [0.05, 0.1) is 4.90 Å². The van der Waals surface area contributed by atoms with Gasteiger partial charge in [0.1, 0.15) is 0 Å². The molecule has 0 bridgehead atoms. The number of benzene rings is 1. The first-order valence-electron chi connectivity index (χ1n) is 6.40. The van der Waals surface area contributed by atoms with E-state index in [1.54, 1.807) is 0 Å². The highest BCUT2D eigenvalue weighted by Gasteiger charge is 2.20. The van der Waals surface area contributed by atoms with Crippen LogP contribution in [-0.4, -0.2) is 19.8 Å². The fraction of sp³-hybridized carbons (Fsp3) is 0.538. The minimum Gasteiger partial charge on any atom is -0.210 e. The molecule has 114 valence electrons. The molecule has 0 fully saturated rings. The second-order valence-electron chi connectivity index (χ2n) is 4.52. The van der Waals surface area contributed by atoms with Gasteiger partial charge in [0.25, 0.3) is 0 Å². The van der Waals surface area contributed by atoms with Crippen LogP contribution in [0, 0.1) is 17.6 Å². The van der Waals surface area contributed by atoms with Crippen LogP contribution in [-0.2, 0) is 10.0 Å². The molecule has 1 atom stereocenters. The molecule has 0 saturated heterocycles. The highest BCUT2D eigenvalue weighted by molar-refractivity contribution is 9.09. The smallest absolute Gasteiger partial charge is 0.210 e. The number of hydrogen-bond acceptors (Lipinski definition) is 2. The van der Waals surface area contributed by atoms with Crippen LogP contribution in [0.3, 0.4) is 0 Å². The van der Waals surface area contributed by atoms with Crippen molar-refractivity contribution in [1.29, 1.82) is 0 Å². The van der Waals surface area contributed by atoms with E-state index in [1.807, 2.05) is 13.8 Å². The van der Waals surface area contributed by atoms with Crippen molar-refractivity contribution in [3.05, 3.63) is 29.8 Å². The predicted molar refractivity (Wildman–Crippen MR) is 78.3 cm³/mol. The van der Waals surface area contributed by atoms with Gasteiger partial charge in [0.2, 0.25) is 10.0 Å². The lowest BCUT2D eigenvalue weighted by atomic mass is 10.00. The lowest BCUT2D eigenvalue weighted by molar-refractivity contribution is 0.470. The largest absolute Gasteiger partial charge is 0.240 e. The van der Waals surface area contributed by atoms with Crippen LogP contribution in [0.2, 0.25) is 0 Å². The van der Waals surface area contributed by atoms with Crippen molar-refractivity contribution < 1.29 is 17.2 Å². The molecule has 0 heterocycles. The Kier molecular flexibility index (Phi) is 6.54. The highest BCUT2D eigenvalue weighted by Crippen LogP contribution is 2.20. The molecule has 1 aromatic carbocycles. The first-order chi connectivity index (χ1) is 9.31. The van der Waals surface area contributed by atoms with E-state index in [1.165, 1.54) is 0 Å². The number of alkyl halides is 1. The Morgan fingerprint density at radius 1 is 1.20 bits per heavy atom. The summed E-state index contributed by atoms with van der Waals surface area (Å²) in [4.78, 5) is -0.279. The van der Waals surface area contributed by atoms with Crippen molar-refractivity contribution in [2.75, 3.05) is 6.54 Å². The predicted octanol–water partition coefficient (Wildman–Crippen LogP) is 3.44. The minimum atomic E-state index is -3.83. The maximum absolute atomic E-state index is 13.1. The molecule has 1 rings (SSSR count). The summed E-state index contributed by atoms with van der Waals surface area (Å²) in [5.41, 5.74) is 0. The first-order valence-corrected chi connectivity index (χ1v) is 8.80. The molecule has 0 aliphatic carbocycles. The monoisotopic (exact) mass is 369 g/mol. The Hall–Kier alpha value is -0.530. The standard InChI is InChI=1S/C13H18BrF2NO2S/c1-3-9(4-2)11(14)8-17-20(18,19)10-5-6-12(15)13(16)7-10/h5-7,9,11,17H,3-4,8H2,1-2H3. The van der Waals surface area contributed by atoms with Gasteiger partial charge in [0, 0.05) is 11.4 Å². The van der Waals surface area contributed by atoms with Crippen LogP contribution in [0.5, 0.6) is 0 Å². The molecule has 20 heavy (non-hydrogen) atoms.